The fraction of sp³-hybridized carbons (Fsp3) is 0.278. The number of sulfonamides is 1. The summed E-state index contributed by atoms with van der Waals surface area (Å²) in [5.41, 5.74) is 1.38. The Morgan fingerprint density at radius 2 is 1.73 bits per heavy atom. The monoisotopic (exact) mass is 415 g/mol. The van der Waals surface area contributed by atoms with E-state index >= 15 is 0 Å². The molecule has 0 aromatic heterocycles. The van der Waals surface area contributed by atoms with Crippen molar-refractivity contribution in [3.63, 3.8) is 0 Å². The molecule has 26 heavy (non-hydrogen) atoms. The van der Waals surface area contributed by atoms with Crippen LogP contribution < -0.4 is 4.31 Å². The molecule has 0 aliphatic carbocycles. The van der Waals surface area contributed by atoms with Gasteiger partial charge in [-0.2, -0.15) is 0 Å². The number of hydrogen-bond acceptors (Lipinski definition) is 4. The van der Waals surface area contributed by atoms with Gasteiger partial charge in [-0.1, -0.05) is 49.2 Å². The average molecular weight is 416 g/mol. The van der Waals surface area contributed by atoms with E-state index in [1.807, 2.05) is 26.0 Å². The molecule has 0 radical (unpaired) electrons. The van der Waals surface area contributed by atoms with Crippen LogP contribution in [-0.2, 0) is 19.6 Å². The first-order valence-corrected chi connectivity index (χ1v) is 10.0. The van der Waals surface area contributed by atoms with E-state index in [-0.39, 0.29) is 20.9 Å². The summed E-state index contributed by atoms with van der Waals surface area (Å²) in [5.74, 6) is -0.406. The quantitative estimate of drug-likeness (QED) is 0.652. The number of benzene rings is 2. The van der Waals surface area contributed by atoms with Gasteiger partial charge >= 0.3 is 5.97 Å². The first kappa shape index (κ1) is 20.6. The van der Waals surface area contributed by atoms with Gasteiger partial charge in [0.05, 0.1) is 17.8 Å². The SMILES string of the molecule is COC(=O)CN(c1ccc(C(C)C)cc1)S(=O)(=O)c1cc(Cl)ccc1Cl. The largest absolute Gasteiger partial charge is 0.468 e. The number of nitrogens with zero attached hydrogens (tertiary/aromatic N) is 1. The van der Waals surface area contributed by atoms with Crippen molar-refractivity contribution in [3.05, 3.63) is 58.1 Å². The Morgan fingerprint density at radius 1 is 1.12 bits per heavy atom. The van der Waals surface area contributed by atoms with E-state index in [1.165, 1.54) is 25.3 Å². The zero-order valence-corrected chi connectivity index (χ0v) is 16.9. The van der Waals surface area contributed by atoms with Crippen molar-refractivity contribution in [2.24, 2.45) is 0 Å². The van der Waals surface area contributed by atoms with Crippen molar-refractivity contribution in [2.75, 3.05) is 18.0 Å². The highest BCUT2D eigenvalue weighted by atomic mass is 35.5. The molecule has 8 heteroatoms. The highest BCUT2D eigenvalue weighted by molar-refractivity contribution is 7.93. The maximum atomic E-state index is 13.2. The third-order valence-electron chi connectivity index (χ3n) is 3.81. The van der Waals surface area contributed by atoms with Crippen molar-refractivity contribution in [1.82, 2.24) is 0 Å². The lowest BCUT2D eigenvalue weighted by Crippen LogP contribution is -2.36. The van der Waals surface area contributed by atoms with Crippen molar-refractivity contribution >= 4 is 44.9 Å². The van der Waals surface area contributed by atoms with Gasteiger partial charge in [-0.3, -0.25) is 9.10 Å². The predicted octanol–water partition coefficient (Wildman–Crippen LogP) is 4.49. The molecule has 0 atom stereocenters. The number of methoxy groups -OCH3 is 1. The molecule has 0 saturated carbocycles. The van der Waals surface area contributed by atoms with Crippen LogP contribution in [0.5, 0.6) is 0 Å². The van der Waals surface area contributed by atoms with Gasteiger partial charge in [-0.15, -0.1) is 0 Å². The molecule has 0 fully saturated rings. The van der Waals surface area contributed by atoms with Gasteiger partial charge in [0.25, 0.3) is 10.0 Å². The minimum absolute atomic E-state index is 0.0167. The molecule has 0 amide bonds. The molecule has 0 saturated heterocycles. The van der Waals surface area contributed by atoms with Crippen LogP contribution in [0.3, 0.4) is 0 Å². The van der Waals surface area contributed by atoms with Gasteiger partial charge in [-0.05, 0) is 41.8 Å². The lowest BCUT2D eigenvalue weighted by molar-refractivity contribution is -0.138. The van der Waals surface area contributed by atoms with Crippen LogP contribution in [0, 0.1) is 0 Å². The van der Waals surface area contributed by atoms with E-state index in [1.54, 1.807) is 12.1 Å². The van der Waals surface area contributed by atoms with Crippen molar-refractivity contribution in [2.45, 2.75) is 24.7 Å². The summed E-state index contributed by atoms with van der Waals surface area (Å²) in [6.07, 6.45) is 0. The Bertz CT molecular complexity index is 896. The minimum atomic E-state index is -4.13. The van der Waals surface area contributed by atoms with Gasteiger partial charge in [0.2, 0.25) is 0 Å². The van der Waals surface area contributed by atoms with Crippen LogP contribution in [0.1, 0.15) is 25.3 Å². The summed E-state index contributed by atoms with van der Waals surface area (Å²) in [4.78, 5) is 11.6. The highest BCUT2D eigenvalue weighted by Crippen LogP contribution is 2.31. The van der Waals surface area contributed by atoms with Gasteiger partial charge in [0.1, 0.15) is 11.4 Å². The lowest BCUT2D eigenvalue weighted by atomic mass is 10.0. The average Bonchev–Trinajstić information content (AvgIpc) is 2.61. The summed E-state index contributed by atoms with van der Waals surface area (Å²) in [5, 5.41) is 0.240. The Morgan fingerprint density at radius 3 is 2.27 bits per heavy atom. The lowest BCUT2D eigenvalue weighted by Gasteiger charge is -2.24. The zero-order valence-electron chi connectivity index (χ0n) is 14.6. The van der Waals surface area contributed by atoms with Gasteiger partial charge in [0, 0.05) is 5.02 Å². The van der Waals surface area contributed by atoms with Crippen molar-refractivity contribution < 1.29 is 17.9 Å². The van der Waals surface area contributed by atoms with E-state index in [2.05, 4.69) is 4.74 Å². The number of hydrogen-bond donors (Lipinski definition) is 0. The van der Waals surface area contributed by atoms with E-state index in [9.17, 15) is 13.2 Å². The summed E-state index contributed by atoms with van der Waals surface area (Å²) in [6, 6.07) is 11.1. The summed E-state index contributed by atoms with van der Waals surface area (Å²) < 4.78 is 31.9. The molecule has 2 rings (SSSR count). The normalized spacial score (nSPS) is 11.5. The molecule has 2 aromatic rings. The number of anilines is 1. The van der Waals surface area contributed by atoms with Crippen molar-refractivity contribution in [1.29, 1.82) is 0 Å². The second kappa shape index (κ2) is 8.29. The second-order valence-electron chi connectivity index (χ2n) is 5.91. The molecule has 0 unspecified atom stereocenters. The Balaban J connectivity index is 2.56. The van der Waals surface area contributed by atoms with Crippen LogP contribution in [0.2, 0.25) is 10.0 Å². The van der Waals surface area contributed by atoms with Crippen molar-refractivity contribution in [3.8, 4) is 0 Å². The Hall–Kier alpha value is -1.76. The molecular weight excluding hydrogens is 397 g/mol. The highest BCUT2D eigenvalue weighted by Gasteiger charge is 2.29. The first-order valence-electron chi connectivity index (χ1n) is 7.81. The van der Waals surface area contributed by atoms with Crippen LogP contribution in [-0.4, -0.2) is 28.0 Å². The van der Waals surface area contributed by atoms with E-state index in [4.69, 9.17) is 23.2 Å². The third-order valence-corrected chi connectivity index (χ3v) is 6.30. The van der Waals surface area contributed by atoms with Crippen LogP contribution >= 0.6 is 23.2 Å². The number of esters is 1. The smallest absolute Gasteiger partial charge is 0.326 e. The molecule has 140 valence electrons. The topological polar surface area (TPSA) is 63.7 Å². The zero-order chi connectivity index (χ0) is 19.5. The fourth-order valence-electron chi connectivity index (χ4n) is 2.32. The van der Waals surface area contributed by atoms with Gasteiger partial charge in [0.15, 0.2) is 0 Å². The number of carbonyl (C=O) groups is 1. The van der Waals surface area contributed by atoms with Gasteiger partial charge in [-0.25, -0.2) is 8.42 Å². The van der Waals surface area contributed by atoms with E-state index in [0.717, 1.165) is 9.87 Å². The summed E-state index contributed by atoms with van der Waals surface area (Å²) >= 11 is 12.0. The molecular formula is C18H19Cl2NO4S. The Labute approximate surface area is 163 Å². The molecule has 0 heterocycles. The molecule has 2 aromatic carbocycles. The van der Waals surface area contributed by atoms with Gasteiger partial charge < -0.3 is 4.74 Å². The summed E-state index contributed by atoms with van der Waals surface area (Å²) in [6.45, 7) is 3.58. The van der Waals surface area contributed by atoms with E-state index in [0.29, 0.717) is 5.69 Å². The molecule has 0 N–H and O–H groups in total. The molecule has 0 aliphatic rings. The molecule has 0 bridgehead atoms. The van der Waals surface area contributed by atoms with Crippen LogP contribution in [0.4, 0.5) is 5.69 Å². The van der Waals surface area contributed by atoms with Crippen LogP contribution in [0.25, 0.3) is 0 Å². The second-order valence-corrected chi connectivity index (χ2v) is 8.58. The third kappa shape index (κ3) is 4.50. The maximum Gasteiger partial charge on any atom is 0.326 e. The molecule has 0 spiro atoms. The predicted molar refractivity (Wildman–Crippen MR) is 104 cm³/mol. The number of halogens is 2. The Kier molecular flexibility index (Phi) is 6.55. The number of ether oxygens (including phenoxy) is 1. The standard InChI is InChI=1S/C18H19Cl2NO4S/c1-12(2)13-4-7-15(8-5-13)21(11-18(22)25-3)26(23,24)17-10-14(19)6-9-16(17)20/h4-10,12H,11H2,1-3H3. The number of rotatable bonds is 6. The number of carbonyl (C=O) groups excluding carboxylic acids is 1. The molecule has 0 aliphatic heterocycles. The molecule has 5 nitrogen and oxygen atoms in total. The minimum Gasteiger partial charge on any atom is -0.468 e. The first-order chi connectivity index (χ1) is 12.2. The maximum absolute atomic E-state index is 13.2. The van der Waals surface area contributed by atoms with Crippen LogP contribution in [0.15, 0.2) is 47.4 Å². The summed E-state index contributed by atoms with van der Waals surface area (Å²) in [7, 11) is -2.93. The fourth-order valence-corrected chi connectivity index (χ4v) is 4.47. The van der Waals surface area contributed by atoms with E-state index < -0.39 is 22.5 Å².